The van der Waals surface area contributed by atoms with E-state index in [1.807, 2.05) is 41.5 Å². The molecule has 0 bridgehead atoms. The lowest BCUT2D eigenvalue weighted by molar-refractivity contribution is 0.421. The Bertz CT molecular complexity index is 608. The Morgan fingerprint density at radius 3 is 1.33 bits per heavy atom. The van der Waals surface area contributed by atoms with E-state index in [0.717, 1.165) is 25.7 Å². The van der Waals surface area contributed by atoms with Gasteiger partial charge in [-0.25, -0.2) is 17.6 Å². The molecule has 1 fully saturated rings. The summed E-state index contributed by atoms with van der Waals surface area (Å²) in [6.45, 7) is 11.6. The summed E-state index contributed by atoms with van der Waals surface area (Å²) in [5.74, 6) is -4.98. The second-order valence-corrected chi connectivity index (χ2v) is 15.0. The molecule has 0 saturated heterocycles. The average Bonchev–Trinajstić information content (AvgIpc) is 2.85. The largest absolute Gasteiger partial charge is 0.204 e. The molecule has 5 heteroatoms. The second-order valence-electron chi connectivity index (χ2n) is 9.13. The van der Waals surface area contributed by atoms with Gasteiger partial charge in [-0.3, -0.25) is 0 Å². The quantitative estimate of drug-likeness (QED) is 0.206. The van der Waals surface area contributed by atoms with E-state index in [-0.39, 0.29) is 27.4 Å². The first-order valence-electron chi connectivity index (χ1n) is 10.4. The number of benzene rings is 1. The highest BCUT2D eigenvalue weighted by atomic mass is 28.3. The van der Waals surface area contributed by atoms with Crippen molar-refractivity contribution in [1.82, 2.24) is 0 Å². The summed E-state index contributed by atoms with van der Waals surface area (Å²) in [6.07, 6.45) is 4.88. The molecule has 2 rings (SSSR count). The SMILES string of the molecule is CC(C)[Si](c1c(F)c(F)c(C2CCCCCC2)c(F)c1F)(C(C)C)C(C)C. The van der Waals surface area contributed by atoms with Gasteiger partial charge in [-0.15, -0.1) is 0 Å². The van der Waals surface area contributed by atoms with Crippen molar-refractivity contribution in [3.05, 3.63) is 28.8 Å². The van der Waals surface area contributed by atoms with Gasteiger partial charge in [0.2, 0.25) is 0 Å². The molecule has 0 aromatic heterocycles. The van der Waals surface area contributed by atoms with Gasteiger partial charge in [-0.1, -0.05) is 67.2 Å². The Morgan fingerprint density at radius 2 is 1.00 bits per heavy atom. The molecular weight excluding hydrogens is 368 g/mol. The minimum atomic E-state index is -2.87. The highest BCUT2D eigenvalue weighted by molar-refractivity contribution is 6.95. The number of halogens is 4. The minimum Gasteiger partial charge on any atom is -0.204 e. The molecule has 0 amide bonds. The fraction of sp³-hybridized carbons (Fsp3) is 0.727. The van der Waals surface area contributed by atoms with E-state index in [9.17, 15) is 0 Å². The van der Waals surface area contributed by atoms with Gasteiger partial charge in [0.15, 0.2) is 23.3 Å². The molecule has 0 radical (unpaired) electrons. The Labute approximate surface area is 162 Å². The van der Waals surface area contributed by atoms with E-state index in [1.54, 1.807) is 0 Å². The number of rotatable bonds is 5. The zero-order chi connectivity index (χ0) is 20.5. The van der Waals surface area contributed by atoms with Crippen molar-refractivity contribution in [2.24, 2.45) is 0 Å². The Morgan fingerprint density at radius 1 is 0.630 bits per heavy atom. The Kier molecular flexibility index (Phi) is 7.20. The smallest absolute Gasteiger partial charge is 0.165 e. The molecule has 0 spiro atoms. The third kappa shape index (κ3) is 3.73. The molecule has 1 aromatic carbocycles. The summed E-state index contributed by atoms with van der Waals surface area (Å²) in [5, 5.41) is -0.269. The lowest BCUT2D eigenvalue weighted by Crippen LogP contribution is -2.59. The summed E-state index contributed by atoms with van der Waals surface area (Å²) in [6, 6.07) is 0. The van der Waals surface area contributed by atoms with Gasteiger partial charge in [0.25, 0.3) is 0 Å². The average molecular weight is 403 g/mol. The third-order valence-corrected chi connectivity index (χ3v) is 13.9. The van der Waals surface area contributed by atoms with Crippen LogP contribution in [-0.4, -0.2) is 8.07 Å². The van der Waals surface area contributed by atoms with Gasteiger partial charge < -0.3 is 0 Å². The Hall–Kier alpha value is -0.843. The van der Waals surface area contributed by atoms with Crippen LogP contribution in [-0.2, 0) is 0 Å². The first kappa shape index (κ1) is 22.4. The van der Waals surface area contributed by atoms with Gasteiger partial charge in [0, 0.05) is 10.8 Å². The van der Waals surface area contributed by atoms with Crippen molar-refractivity contribution < 1.29 is 17.6 Å². The first-order chi connectivity index (χ1) is 12.6. The highest BCUT2D eigenvalue weighted by Crippen LogP contribution is 2.44. The predicted molar refractivity (Wildman–Crippen MR) is 107 cm³/mol. The van der Waals surface area contributed by atoms with Gasteiger partial charge >= 0.3 is 0 Å². The summed E-state index contributed by atoms with van der Waals surface area (Å²) in [5.41, 5.74) is -0.466. The van der Waals surface area contributed by atoms with Gasteiger partial charge in [-0.05, 0) is 35.4 Å². The second kappa shape index (κ2) is 8.67. The Balaban J connectivity index is 2.76. The van der Waals surface area contributed by atoms with E-state index >= 15 is 17.6 Å². The maximum absolute atomic E-state index is 15.4. The molecule has 0 unspecified atom stereocenters. The predicted octanol–water partition coefficient (Wildman–Crippen LogP) is 7.57. The van der Waals surface area contributed by atoms with Crippen LogP contribution in [0.2, 0.25) is 16.6 Å². The maximum atomic E-state index is 15.4. The van der Waals surface area contributed by atoms with Crippen molar-refractivity contribution in [2.45, 2.75) is 103 Å². The van der Waals surface area contributed by atoms with Crippen molar-refractivity contribution in [2.75, 3.05) is 0 Å². The molecule has 1 saturated carbocycles. The standard InChI is InChI=1S/C22H34F4Si/c1-13(2)27(14(3)4,15(5)6)22-20(25)18(23)17(19(24)21(22)26)16-11-9-7-8-10-12-16/h13-16H,7-12H2,1-6H3. The van der Waals surface area contributed by atoms with Crippen LogP contribution in [0, 0.1) is 23.3 Å². The summed E-state index contributed by atoms with van der Waals surface area (Å²) in [7, 11) is -2.87. The molecule has 0 N–H and O–H groups in total. The van der Waals surface area contributed by atoms with Gasteiger partial charge in [-0.2, -0.15) is 0 Å². The molecule has 154 valence electrons. The van der Waals surface area contributed by atoms with Crippen LogP contribution >= 0.6 is 0 Å². The number of hydrogen-bond donors (Lipinski definition) is 0. The van der Waals surface area contributed by atoms with Crippen LogP contribution in [0.5, 0.6) is 0 Å². The van der Waals surface area contributed by atoms with Crippen molar-refractivity contribution >= 4 is 13.3 Å². The lowest BCUT2D eigenvalue weighted by Gasteiger charge is -2.44. The molecule has 0 atom stereocenters. The van der Waals surface area contributed by atoms with Crippen LogP contribution in [0.1, 0.15) is 91.5 Å². The fourth-order valence-electron chi connectivity index (χ4n) is 5.82. The van der Waals surface area contributed by atoms with E-state index in [1.165, 1.54) is 0 Å². The van der Waals surface area contributed by atoms with E-state index in [2.05, 4.69) is 0 Å². The van der Waals surface area contributed by atoms with Gasteiger partial charge in [0.1, 0.15) is 8.07 Å². The van der Waals surface area contributed by atoms with E-state index in [4.69, 9.17) is 0 Å². The normalized spacial score (nSPS) is 17.2. The van der Waals surface area contributed by atoms with Crippen LogP contribution in [0.3, 0.4) is 0 Å². The van der Waals surface area contributed by atoms with Crippen molar-refractivity contribution in [3.8, 4) is 0 Å². The summed E-state index contributed by atoms with van der Waals surface area (Å²) in [4.78, 5) is 0. The van der Waals surface area contributed by atoms with Gasteiger partial charge in [0.05, 0.1) is 0 Å². The third-order valence-electron chi connectivity index (χ3n) is 6.86. The monoisotopic (exact) mass is 402 g/mol. The molecule has 1 aliphatic rings. The maximum Gasteiger partial charge on any atom is 0.165 e. The van der Waals surface area contributed by atoms with Crippen LogP contribution in [0.4, 0.5) is 17.6 Å². The zero-order valence-corrected chi connectivity index (χ0v) is 18.6. The molecule has 0 aliphatic heterocycles. The molecule has 0 nitrogen and oxygen atoms in total. The first-order valence-corrected chi connectivity index (χ1v) is 12.7. The number of hydrogen-bond acceptors (Lipinski definition) is 0. The highest BCUT2D eigenvalue weighted by Gasteiger charge is 2.50. The topological polar surface area (TPSA) is 0 Å². The fourth-order valence-corrected chi connectivity index (χ4v) is 12.5. The summed E-state index contributed by atoms with van der Waals surface area (Å²) < 4.78 is 61.1. The molecular formula is C22H34F4Si. The molecule has 1 aliphatic carbocycles. The van der Waals surface area contributed by atoms with Crippen LogP contribution in [0.25, 0.3) is 0 Å². The molecule has 0 heterocycles. The van der Waals surface area contributed by atoms with Crippen molar-refractivity contribution in [1.29, 1.82) is 0 Å². The van der Waals surface area contributed by atoms with Crippen LogP contribution < -0.4 is 5.19 Å². The zero-order valence-electron chi connectivity index (χ0n) is 17.6. The minimum absolute atomic E-state index is 0.0379. The van der Waals surface area contributed by atoms with E-state index < -0.39 is 37.3 Å². The lowest BCUT2D eigenvalue weighted by atomic mass is 9.90. The molecule has 27 heavy (non-hydrogen) atoms. The summed E-state index contributed by atoms with van der Waals surface area (Å²) >= 11 is 0. The molecule has 1 aromatic rings. The van der Waals surface area contributed by atoms with Crippen molar-refractivity contribution in [3.63, 3.8) is 0 Å². The van der Waals surface area contributed by atoms with Crippen LogP contribution in [0.15, 0.2) is 0 Å². The van der Waals surface area contributed by atoms with E-state index in [0.29, 0.717) is 12.8 Å².